The van der Waals surface area contributed by atoms with E-state index in [1.807, 2.05) is 20.9 Å². The summed E-state index contributed by atoms with van der Waals surface area (Å²) in [6.45, 7) is 4.33. The molecule has 1 aliphatic carbocycles. The summed E-state index contributed by atoms with van der Waals surface area (Å²) in [7, 11) is 1.85. The molecule has 1 amide bonds. The average Bonchev–Trinajstić information content (AvgIpc) is 2.92. The van der Waals surface area contributed by atoms with E-state index in [0.29, 0.717) is 19.4 Å². The van der Waals surface area contributed by atoms with Crippen molar-refractivity contribution >= 4 is 11.9 Å². The summed E-state index contributed by atoms with van der Waals surface area (Å²) in [5.74, 6) is -1.72. The van der Waals surface area contributed by atoms with Crippen LogP contribution in [0.15, 0.2) is 6.20 Å². The van der Waals surface area contributed by atoms with Gasteiger partial charge in [0.15, 0.2) is 0 Å². The first-order chi connectivity index (χ1) is 9.40. The zero-order valence-electron chi connectivity index (χ0n) is 12.1. The van der Waals surface area contributed by atoms with Crippen LogP contribution in [0.3, 0.4) is 0 Å². The molecule has 1 aromatic heterocycles. The van der Waals surface area contributed by atoms with Crippen LogP contribution in [0.2, 0.25) is 0 Å². The van der Waals surface area contributed by atoms with Gasteiger partial charge < -0.3 is 10.4 Å². The van der Waals surface area contributed by atoms with E-state index in [0.717, 1.165) is 11.3 Å². The third-order valence-electron chi connectivity index (χ3n) is 4.24. The summed E-state index contributed by atoms with van der Waals surface area (Å²) < 4.78 is 1.75. The van der Waals surface area contributed by atoms with Gasteiger partial charge in [0.1, 0.15) is 0 Å². The molecule has 1 saturated carbocycles. The molecule has 2 rings (SSSR count). The van der Waals surface area contributed by atoms with Crippen LogP contribution < -0.4 is 5.32 Å². The molecule has 0 bridgehead atoms. The number of carboxylic acids is 1. The number of carbonyl (C=O) groups is 2. The van der Waals surface area contributed by atoms with Gasteiger partial charge in [-0.3, -0.25) is 14.3 Å². The minimum absolute atomic E-state index is 0.162. The predicted octanol–water partition coefficient (Wildman–Crippen LogP) is 1.09. The summed E-state index contributed by atoms with van der Waals surface area (Å²) in [6.07, 6.45) is 2.95. The average molecular weight is 279 g/mol. The lowest BCUT2D eigenvalue weighted by Gasteiger charge is -2.15. The van der Waals surface area contributed by atoms with Crippen molar-refractivity contribution in [2.45, 2.75) is 33.2 Å². The van der Waals surface area contributed by atoms with Gasteiger partial charge in [-0.1, -0.05) is 6.92 Å². The quantitative estimate of drug-likeness (QED) is 0.864. The number of nitrogens with one attached hydrogen (secondary N) is 1. The number of amides is 1. The first-order valence-electron chi connectivity index (χ1n) is 6.88. The summed E-state index contributed by atoms with van der Waals surface area (Å²) in [5.41, 5.74) is 1.96. The lowest BCUT2D eigenvalue weighted by molar-refractivity contribution is -0.146. The molecule has 0 spiro atoms. The number of rotatable bonds is 4. The van der Waals surface area contributed by atoms with Gasteiger partial charge in [0.2, 0.25) is 5.91 Å². The van der Waals surface area contributed by atoms with Crippen molar-refractivity contribution in [1.82, 2.24) is 15.1 Å². The lowest BCUT2D eigenvalue weighted by Crippen LogP contribution is -2.35. The van der Waals surface area contributed by atoms with Crippen molar-refractivity contribution in [3.63, 3.8) is 0 Å². The Hall–Kier alpha value is -1.85. The number of carbonyl (C=O) groups excluding carboxylic acids is 1. The second-order valence-corrected chi connectivity index (χ2v) is 5.72. The molecule has 0 aliphatic heterocycles. The Morgan fingerprint density at radius 1 is 1.45 bits per heavy atom. The van der Waals surface area contributed by atoms with Gasteiger partial charge in [0, 0.05) is 24.8 Å². The van der Waals surface area contributed by atoms with E-state index in [9.17, 15) is 14.7 Å². The normalized spacial score (nSPS) is 25.6. The van der Waals surface area contributed by atoms with E-state index in [1.165, 1.54) is 0 Å². The van der Waals surface area contributed by atoms with Crippen LogP contribution >= 0.6 is 0 Å². The van der Waals surface area contributed by atoms with Crippen molar-refractivity contribution in [3.05, 3.63) is 17.5 Å². The highest BCUT2D eigenvalue weighted by Gasteiger charge is 2.41. The van der Waals surface area contributed by atoms with Crippen molar-refractivity contribution < 1.29 is 14.7 Å². The van der Waals surface area contributed by atoms with E-state index in [2.05, 4.69) is 10.4 Å². The molecular formula is C14H21N3O3. The lowest BCUT2D eigenvalue weighted by atomic mass is 9.95. The van der Waals surface area contributed by atoms with Gasteiger partial charge in [-0.2, -0.15) is 5.10 Å². The second-order valence-electron chi connectivity index (χ2n) is 5.72. The number of aliphatic carboxylic acids is 1. The van der Waals surface area contributed by atoms with Crippen LogP contribution in [0, 0.1) is 24.7 Å². The van der Waals surface area contributed by atoms with Crippen LogP contribution in [-0.2, 0) is 23.2 Å². The largest absolute Gasteiger partial charge is 0.481 e. The molecule has 1 heterocycles. The Kier molecular flexibility index (Phi) is 4.11. The Labute approximate surface area is 118 Å². The van der Waals surface area contributed by atoms with Crippen LogP contribution in [0.5, 0.6) is 0 Å². The number of hydrogen-bond acceptors (Lipinski definition) is 3. The summed E-state index contributed by atoms with van der Waals surface area (Å²) in [4.78, 5) is 23.4. The molecule has 3 atom stereocenters. The molecule has 2 N–H and O–H groups in total. The molecule has 0 radical (unpaired) electrons. The first-order valence-corrected chi connectivity index (χ1v) is 6.88. The van der Waals surface area contributed by atoms with Crippen molar-refractivity contribution in [2.75, 3.05) is 0 Å². The highest BCUT2D eigenvalue weighted by Crippen LogP contribution is 2.36. The molecule has 1 unspecified atom stereocenters. The highest BCUT2D eigenvalue weighted by molar-refractivity contribution is 5.85. The fourth-order valence-corrected chi connectivity index (χ4v) is 2.89. The maximum absolute atomic E-state index is 12.2. The van der Waals surface area contributed by atoms with Gasteiger partial charge in [0.05, 0.1) is 18.0 Å². The number of aryl methyl sites for hydroxylation is 1. The smallest absolute Gasteiger partial charge is 0.307 e. The number of carboxylic acid groups (broad SMARTS) is 1. The molecule has 1 aliphatic rings. The maximum atomic E-state index is 12.2. The first kappa shape index (κ1) is 14.6. The third kappa shape index (κ3) is 2.84. The minimum Gasteiger partial charge on any atom is -0.481 e. The number of nitrogens with zero attached hydrogens (tertiary/aromatic N) is 2. The number of aromatic nitrogens is 2. The summed E-state index contributed by atoms with van der Waals surface area (Å²) in [5, 5.41) is 16.2. The van der Waals surface area contributed by atoms with Crippen molar-refractivity contribution in [3.8, 4) is 0 Å². The zero-order valence-corrected chi connectivity index (χ0v) is 12.1. The van der Waals surface area contributed by atoms with E-state index in [-0.39, 0.29) is 11.8 Å². The van der Waals surface area contributed by atoms with Gasteiger partial charge >= 0.3 is 5.97 Å². The molecule has 1 fully saturated rings. The monoisotopic (exact) mass is 279 g/mol. The van der Waals surface area contributed by atoms with E-state index >= 15 is 0 Å². The van der Waals surface area contributed by atoms with Crippen molar-refractivity contribution in [1.29, 1.82) is 0 Å². The minimum atomic E-state index is -0.868. The van der Waals surface area contributed by atoms with Crippen LogP contribution in [0.1, 0.15) is 31.0 Å². The molecule has 0 aromatic carbocycles. The van der Waals surface area contributed by atoms with Gasteiger partial charge in [-0.15, -0.1) is 0 Å². The van der Waals surface area contributed by atoms with Crippen molar-refractivity contribution in [2.24, 2.45) is 24.8 Å². The molecular weight excluding hydrogens is 258 g/mol. The second kappa shape index (κ2) is 5.64. The maximum Gasteiger partial charge on any atom is 0.307 e. The third-order valence-corrected chi connectivity index (χ3v) is 4.24. The van der Waals surface area contributed by atoms with E-state index in [1.54, 1.807) is 10.9 Å². The molecule has 110 valence electrons. The standard InChI is InChI=1S/C14H21N3O3/c1-8-4-11(12(5-8)14(19)20)13(18)15-6-10-7-16-17(3)9(10)2/h7-8,11-12H,4-6H2,1-3H3,(H,15,18)(H,19,20)/t8?,11-,12+/m0/s1. The summed E-state index contributed by atoms with van der Waals surface area (Å²) >= 11 is 0. The fourth-order valence-electron chi connectivity index (χ4n) is 2.89. The van der Waals surface area contributed by atoms with Gasteiger partial charge in [0.25, 0.3) is 0 Å². The van der Waals surface area contributed by atoms with E-state index in [4.69, 9.17) is 0 Å². The topological polar surface area (TPSA) is 84.2 Å². The molecule has 20 heavy (non-hydrogen) atoms. The molecule has 6 nitrogen and oxygen atoms in total. The summed E-state index contributed by atoms with van der Waals surface area (Å²) in [6, 6.07) is 0. The van der Waals surface area contributed by atoms with Crippen LogP contribution in [0.4, 0.5) is 0 Å². The highest BCUT2D eigenvalue weighted by atomic mass is 16.4. The molecule has 1 aromatic rings. The predicted molar refractivity (Wildman–Crippen MR) is 72.8 cm³/mol. The molecule has 6 heteroatoms. The van der Waals surface area contributed by atoms with Crippen LogP contribution in [0.25, 0.3) is 0 Å². The van der Waals surface area contributed by atoms with E-state index < -0.39 is 17.8 Å². The van der Waals surface area contributed by atoms with Crippen LogP contribution in [-0.4, -0.2) is 26.8 Å². The SMILES string of the molecule is Cc1c(CNC(=O)[C@H]2CC(C)C[C@H]2C(=O)O)cnn1C. The Bertz CT molecular complexity index is 524. The Balaban J connectivity index is 1.98. The Morgan fingerprint density at radius 2 is 2.10 bits per heavy atom. The van der Waals surface area contributed by atoms with Gasteiger partial charge in [-0.05, 0) is 25.7 Å². The molecule has 0 saturated heterocycles. The Morgan fingerprint density at radius 3 is 2.65 bits per heavy atom. The fraction of sp³-hybridized carbons (Fsp3) is 0.643. The zero-order chi connectivity index (χ0) is 14.9. The van der Waals surface area contributed by atoms with Gasteiger partial charge in [-0.25, -0.2) is 0 Å². The number of hydrogen-bond donors (Lipinski definition) is 2.